The summed E-state index contributed by atoms with van der Waals surface area (Å²) in [7, 11) is 1.98. The molecule has 0 spiro atoms. The number of fused-ring (bicyclic) bond motifs is 2. The van der Waals surface area contributed by atoms with Crippen molar-refractivity contribution in [1.82, 2.24) is 19.4 Å². The van der Waals surface area contributed by atoms with Crippen LogP contribution in [0.3, 0.4) is 0 Å². The number of rotatable bonds is 4. The minimum absolute atomic E-state index is 0.0775. The number of nitrogens with one attached hydrogen (secondary N) is 2. The highest BCUT2D eigenvalue weighted by molar-refractivity contribution is 7.15. The van der Waals surface area contributed by atoms with Gasteiger partial charge in [-0.1, -0.05) is 12.1 Å². The second-order valence-corrected chi connectivity index (χ2v) is 6.85. The first-order chi connectivity index (χ1) is 12.1. The topological polar surface area (TPSA) is 84.6 Å². The molecule has 0 fully saturated rings. The van der Waals surface area contributed by atoms with E-state index in [1.165, 1.54) is 15.7 Å². The van der Waals surface area contributed by atoms with Crippen LogP contribution in [0, 0.1) is 0 Å². The molecule has 0 aliphatic rings. The number of quaternary nitrogens is 1. The minimum Gasteiger partial charge on any atom is -0.326 e. The van der Waals surface area contributed by atoms with Gasteiger partial charge in [0.1, 0.15) is 18.8 Å². The summed E-state index contributed by atoms with van der Waals surface area (Å²) >= 11 is 1.43. The van der Waals surface area contributed by atoms with Crippen molar-refractivity contribution in [3.05, 3.63) is 74.1 Å². The van der Waals surface area contributed by atoms with E-state index in [0.717, 1.165) is 10.6 Å². The highest BCUT2D eigenvalue weighted by Gasteiger charge is 2.12. The van der Waals surface area contributed by atoms with Gasteiger partial charge >= 0.3 is 0 Å². The molecule has 4 rings (SSSR count). The summed E-state index contributed by atoms with van der Waals surface area (Å²) in [5.41, 5.74) is 1.20. The van der Waals surface area contributed by atoms with Crippen molar-refractivity contribution in [2.75, 3.05) is 7.05 Å². The third kappa shape index (κ3) is 3.09. The van der Waals surface area contributed by atoms with Crippen LogP contribution in [0.5, 0.6) is 0 Å². The number of thiazole rings is 1. The maximum Gasteiger partial charge on any atom is 0.258 e. The Morgan fingerprint density at radius 3 is 2.92 bits per heavy atom. The van der Waals surface area contributed by atoms with Crippen LogP contribution in [-0.2, 0) is 13.1 Å². The number of benzene rings is 1. The first kappa shape index (κ1) is 15.7. The lowest BCUT2D eigenvalue weighted by Gasteiger charge is -2.13. The fraction of sp³-hybridized carbons (Fsp3) is 0.176. The zero-order valence-corrected chi connectivity index (χ0v) is 14.3. The van der Waals surface area contributed by atoms with Crippen LogP contribution >= 0.6 is 11.3 Å². The lowest BCUT2D eigenvalue weighted by atomic mass is 10.2. The third-order valence-corrected chi connectivity index (χ3v) is 4.73. The van der Waals surface area contributed by atoms with E-state index < -0.39 is 0 Å². The average molecular weight is 354 g/mol. The van der Waals surface area contributed by atoms with Crippen LogP contribution < -0.4 is 16.0 Å². The molecular weight excluding hydrogens is 338 g/mol. The third-order valence-electron chi connectivity index (χ3n) is 3.97. The minimum atomic E-state index is -0.134. The molecule has 0 saturated carbocycles. The number of hydrogen-bond donors (Lipinski definition) is 2. The summed E-state index contributed by atoms with van der Waals surface area (Å²) < 4.78 is 1.53. The van der Waals surface area contributed by atoms with Crippen LogP contribution in [0.4, 0.5) is 0 Å². The Morgan fingerprint density at radius 1 is 1.20 bits per heavy atom. The molecule has 2 N–H and O–H groups in total. The molecule has 3 aromatic heterocycles. The SMILES string of the molecule is C[NH+](Cc1cc(=O)n2ccsc2n1)Cc1nc2ccccc2c(=O)[nH]1. The predicted octanol–water partition coefficient (Wildman–Crippen LogP) is 0.207. The van der Waals surface area contributed by atoms with Gasteiger partial charge in [-0.25, -0.2) is 9.97 Å². The summed E-state index contributed by atoms with van der Waals surface area (Å²) in [6.07, 6.45) is 1.72. The summed E-state index contributed by atoms with van der Waals surface area (Å²) in [6, 6.07) is 8.83. The van der Waals surface area contributed by atoms with Crippen molar-refractivity contribution in [1.29, 1.82) is 0 Å². The molecule has 0 aliphatic heterocycles. The fourth-order valence-corrected chi connectivity index (χ4v) is 3.59. The lowest BCUT2D eigenvalue weighted by Crippen LogP contribution is -3.06. The summed E-state index contributed by atoms with van der Waals surface area (Å²) in [4.78, 5) is 37.8. The van der Waals surface area contributed by atoms with Gasteiger partial charge < -0.3 is 9.88 Å². The molecule has 0 bridgehead atoms. The summed E-state index contributed by atoms with van der Waals surface area (Å²) in [5.74, 6) is 0.620. The van der Waals surface area contributed by atoms with Crippen LogP contribution in [0.25, 0.3) is 15.9 Å². The normalized spacial score (nSPS) is 12.7. The van der Waals surface area contributed by atoms with Gasteiger partial charge in [-0.3, -0.25) is 14.0 Å². The number of hydrogen-bond acceptors (Lipinski definition) is 5. The van der Waals surface area contributed by atoms with Crippen LogP contribution in [0.15, 0.2) is 51.5 Å². The average Bonchev–Trinajstić information content (AvgIpc) is 3.04. The number of aromatic amines is 1. The van der Waals surface area contributed by atoms with Crippen molar-refractivity contribution in [3.63, 3.8) is 0 Å². The van der Waals surface area contributed by atoms with Gasteiger partial charge in [0.2, 0.25) is 0 Å². The Kier molecular flexibility index (Phi) is 3.90. The zero-order chi connectivity index (χ0) is 17.4. The molecule has 8 heteroatoms. The Morgan fingerprint density at radius 2 is 2.04 bits per heavy atom. The number of aromatic nitrogens is 4. The highest BCUT2D eigenvalue weighted by Crippen LogP contribution is 2.06. The van der Waals surface area contributed by atoms with Crippen molar-refractivity contribution < 1.29 is 4.90 Å². The maximum atomic E-state index is 12.1. The highest BCUT2D eigenvalue weighted by atomic mass is 32.1. The van der Waals surface area contributed by atoms with E-state index in [0.29, 0.717) is 34.8 Å². The van der Waals surface area contributed by atoms with Crippen molar-refractivity contribution in [2.45, 2.75) is 13.1 Å². The zero-order valence-electron chi connectivity index (χ0n) is 13.5. The Hall–Kier alpha value is -2.84. The van der Waals surface area contributed by atoms with Gasteiger partial charge in [-0.2, -0.15) is 0 Å². The van der Waals surface area contributed by atoms with E-state index in [1.54, 1.807) is 18.3 Å². The fourth-order valence-electron chi connectivity index (χ4n) is 2.85. The molecular formula is C17H16N5O2S+. The quantitative estimate of drug-likeness (QED) is 0.549. The molecule has 3 heterocycles. The lowest BCUT2D eigenvalue weighted by molar-refractivity contribution is -0.908. The van der Waals surface area contributed by atoms with Gasteiger partial charge in [0.15, 0.2) is 10.8 Å². The van der Waals surface area contributed by atoms with Crippen LogP contribution in [0.2, 0.25) is 0 Å². The van der Waals surface area contributed by atoms with Crippen LogP contribution in [0.1, 0.15) is 11.5 Å². The molecule has 7 nitrogen and oxygen atoms in total. The molecule has 25 heavy (non-hydrogen) atoms. The summed E-state index contributed by atoms with van der Waals surface area (Å²) in [6.45, 7) is 1.10. The van der Waals surface area contributed by atoms with Gasteiger partial charge in [0.25, 0.3) is 11.1 Å². The molecule has 0 saturated heterocycles. The number of nitrogens with zero attached hydrogens (tertiary/aromatic N) is 3. The van der Waals surface area contributed by atoms with Crippen molar-refractivity contribution >= 4 is 27.2 Å². The van der Waals surface area contributed by atoms with Crippen molar-refractivity contribution in [2.24, 2.45) is 0 Å². The monoisotopic (exact) mass is 354 g/mol. The van der Waals surface area contributed by atoms with E-state index >= 15 is 0 Å². The van der Waals surface area contributed by atoms with E-state index in [-0.39, 0.29) is 11.1 Å². The molecule has 1 unspecified atom stereocenters. The van der Waals surface area contributed by atoms with E-state index in [9.17, 15) is 9.59 Å². The largest absolute Gasteiger partial charge is 0.326 e. The summed E-state index contributed by atoms with van der Waals surface area (Å²) in [5, 5.41) is 2.43. The van der Waals surface area contributed by atoms with Gasteiger partial charge in [-0.15, -0.1) is 11.3 Å². The molecule has 126 valence electrons. The second-order valence-electron chi connectivity index (χ2n) is 5.98. The molecule has 0 amide bonds. The number of H-pyrrole nitrogens is 1. The van der Waals surface area contributed by atoms with E-state index in [4.69, 9.17) is 0 Å². The van der Waals surface area contributed by atoms with E-state index in [1.807, 2.05) is 30.6 Å². The van der Waals surface area contributed by atoms with Gasteiger partial charge in [-0.05, 0) is 12.1 Å². The Bertz CT molecular complexity index is 1180. The first-order valence-corrected chi connectivity index (χ1v) is 8.73. The molecule has 1 atom stereocenters. The first-order valence-electron chi connectivity index (χ1n) is 7.85. The van der Waals surface area contributed by atoms with Gasteiger partial charge in [0, 0.05) is 17.6 Å². The number of para-hydroxylation sites is 1. The Labute approximate surface area is 146 Å². The molecule has 0 aliphatic carbocycles. The van der Waals surface area contributed by atoms with Crippen molar-refractivity contribution in [3.8, 4) is 0 Å². The van der Waals surface area contributed by atoms with E-state index in [2.05, 4.69) is 15.0 Å². The molecule has 4 aromatic rings. The van der Waals surface area contributed by atoms with Crippen LogP contribution in [-0.4, -0.2) is 26.4 Å². The Balaban J connectivity index is 1.58. The second kappa shape index (κ2) is 6.23. The maximum absolute atomic E-state index is 12.1. The molecule has 1 aromatic carbocycles. The smallest absolute Gasteiger partial charge is 0.258 e. The molecule has 0 radical (unpaired) electrons. The van der Waals surface area contributed by atoms with Gasteiger partial charge in [0.05, 0.1) is 18.0 Å². The standard InChI is InChI=1S/C17H15N5O2S/c1-21(9-11-8-15(23)22-6-7-25-17(22)18-11)10-14-19-13-5-3-2-4-12(13)16(24)20-14/h2-8H,9-10H2,1H3,(H,19,20,24)/p+1. The predicted molar refractivity (Wildman–Crippen MR) is 96.0 cm³/mol.